The smallest absolute Gasteiger partial charge is 0.126 e. The quantitative estimate of drug-likeness (QED) is 0.927. The molecule has 0 spiro atoms. The molecule has 2 aliphatic heterocycles. The molecule has 1 aromatic rings. The highest BCUT2D eigenvalue weighted by atomic mass is 35.5. The maximum Gasteiger partial charge on any atom is 0.126 e. The fraction of sp³-hybridized carbons (Fsp3) is 0.688. The summed E-state index contributed by atoms with van der Waals surface area (Å²) in [5.41, 5.74) is 0. The molecule has 4 nitrogen and oxygen atoms in total. The number of likely N-dealkylation sites (tertiary alicyclic amines) is 1. The number of nitrogens with one attached hydrogen (secondary N) is 1. The van der Waals surface area contributed by atoms with Crippen molar-refractivity contribution in [1.29, 1.82) is 0 Å². The van der Waals surface area contributed by atoms with Crippen molar-refractivity contribution in [3.05, 3.63) is 23.4 Å². The van der Waals surface area contributed by atoms with E-state index >= 15 is 0 Å². The zero-order chi connectivity index (χ0) is 14.7. The van der Waals surface area contributed by atoms with Crippen LogP contribution in [0.3, 0.4) is 0 Å². The first kappa shape index (κ1) is 15.1. The van der Waals surface area contributed by atoms with Gasteiger partial charge in [-0.3, -0.25) is 0 Å². The molecule has 3 rings (SSSR count). The number of rotatable bonds is 4. The van der Waals surface area contributed by atoms with E-state index < -0.39 is 0 Å². The number of pyridine rings is 1. The molecule has 2 fully saturated rings. The van der Waals surface area contributed by atoms with Crippen LogP contribution in [0.25, 0.3) is 0 Å². The minimum Gasteiger partial charge on any atom is -0.377 e. The van der Waals surface area contributed by atoms with Crippen LogP contribution in [0, 0.1) is 5.92 Å². The number of anilines is 1. The normalized spacial score (nSPS) is 30.5. The Morgan fingerprint density at radius 2 is 2.33 bits per heavy atom. The molecule has 116 valence electrons. The molecule has 0 aromatic carbocycles. The van der Waals surface area contributed by atoms with Crippen molar-refractivity contribution >= 4 is 17.4 Å². The Hall–Kier alpha value is -0.840. The molecule has 0 radical (unpaired) electrons. The van der Waals surface area contributed by atoms with Gasteiger partial charge in [0.1, 0.15) is 5.82 Å². The summed E-state index contributed by atoms with van der Waals surface area (Å²) in [5.74, 6) is 1.53. The van der Waals surface area contributed by atoms with Crippen LogP contribution < -0.4 is 5.32 Å². The molecular formula is C16H24ClN3O. The third-order valence-corrected chi connectivity index (χ3v) is 4.76. The second kappa shape index (κ2) is 6.95. The third-order valence-electron chi connectivity index (χ3n) is 4.54. The van der Waals surface area contributed by atoms with Crippen LogP contribution in [-0.2, 0) is 4.74 Å². The highest BCUT2D eigenvalue weighted by Gasteiger charge is 2.28. The van der Waals surface area contributed by atoms with E-state index in [4.69, 9.17) is 16.3 Å². The Balaban J connectivity index is 1.49. The molecule has 3 atom stereocenters. The molecule has 2 aliphatic rings. The largest absolute Gasteiger partial charge is 0.377 e. The molecule has 5 heteroatoms. The van der Waals surface area contributed by atoms with E-state index in [1.54, 1.807) is 6.20 Å². The Morgan fingerprint density at radius 3 is 3.00 bits per heavy atom. The van der Waals surface area contributed by atoms with Gasteiger partial charge in [0, 0.05) is 38.5 Å². The Labute approximate surface area is 131 Å². The molecule has 0 bridgehead atoms. The topological polar surface area (TPSA) is 37.4 Å². The van der Waals surface area contributed by atoms with E-state index in [1.807, 2.05) is 12.1 Å². The Morgan fingerprint density at radius 1 is 1.43 bits per heavy atom. The second-order valence-corrected chi connectivity index (χ2v) is 6.71. The molecule has 0 unspecified atom stereocenters. The molecule has 1 N–H and O–H groups in total. The maximum atomic E-state index is 5.87. The summed E-state index contributed by atoms with van der Waals surface area (Å²) >= 11 is 5.87. The number of ether oxygens (including phenoxy) is 1. The minimum absolute atomic E-state index is 0.458. The van der Waals surface area contributed by atoms with Gasteiger partial charge in [0.25, 0.3) is 0 Å². The van der Waals surface area contributed by atoms with Gasteiger partial charge in [0.05, 0.1) is 11.1 Å². The SMILES string of the molecule is C[C@@H]1CN(C[C@@H]2CCCO2)CC[C@@H]1Nc1ccc(Cl)cn1. The number of hydrogen-bond acceptors (Lipinski definition) is 4. The van der Waals surface area contributed by atoms with Crippen LogP contribution in [0.15, 0.2) is 18.3 Å². The van der Waals surface area contributed by atoms with Gasteiger partial charge in [-0.1, -0.05) is 18.5 Å². The summed E-state index contributed by atoms with van der Waals surface area (Å²) in [4.78, 5) is 6.88. The monoisotopic (exact) mass is 309 g/mol. The average molecular weight is 310 g/mol. The molecule has 0 amide bonds. The van der Waals surface area contributed by atoms with Crippen LogP contribution in [0.4, 0.5) is 5.82 Å². The van der Waals surface area contributed by atoms with Crippen LogP contribution in [0.5, 0.6) is 0 Å². The highest BCUT2D eigenvalue weighted by molar-refractivity contribution is 6.30. The minimum atomic E-state index is 0.458. The van der Waals surface area contributed by atoms with Crippen molar-refractivity contribution in [2.45, 2.75) is 38.3 Å². The van der Waals surface area contributed by atoms with Crippen LogP contribution in [0.1, 0.15) is 26.2 Å². The molecule has 2 saturated heterocycles. The highest BCUT2D eigenvalue weighted by Crippen LogP contribution is 2.23. The van der Waals surface area contributed by atoms with Crippen LogP contribution in [0.2, 0.25) is 5.02 Å². The van der Waals surface area contributed by atoms with Crippen molar-refractivity contribution in [2.24, 2.45) is 5.92 Å². The summed E-state index contributed by atoms with van der Waals surface area (Å²) in [6.07, 6.45) is 5.75. The molecule has 0 aliphatic carbocycles. The van der Waals surface area contributed by atoms with Crippen LogP contribution >= 0.6 is 11.6 Å². The molecule has 3 heterocycles. The number of nitrogens with zero attached hydrogens (tertiary/aromatic N) is 2. The lowest BCUT2D eigenvalue weighted by molar-refractivity contribution is 0.0562. The zero-order valence-electron chi connectivity index (χ0n) is 12.6. The van der Waals surface area contributed by atoms with E-state index in [-0.39, 0.29) is 0 Å². The molecule has 21 heavy (non-hydrogen) atoms. The summed E-state index contributed by atoms with van der Waals surface area (Å²) in [5, 5.41) is 4.22. The fourth-order valence-corrected chi connectivity index (χ4v) is 3.45. The zero-order valence-corrected chi connectivity index (χ0v) is 13.4. The third kappa shape index (κ3) is 4.09. The van der Waals surface area contributed by atoms with E-state index in [2.05, 4.69) is 22.1 Å². The number of aromatic nitrogens is 1. The first-order valence-corrected chi connectivity index (χ1v) is 8.30. The van der Waals surface area contributed by atoms with Gasteiger partial charge in [0.15, 0.2) is 0 Å². The van der Waals surface area contributed by atoms with E-state index in [0.29, 0.717) is 23.1 Å². The van der Waals surface area contributed by atoms with Gasteiger partial charge >= 0.3 is 0 Å². The van der Waals surface area contributed by atoms with Gasteiger partial charge in [-0.05, 0) is 37.3 Å². The van der Waals surface area contributed by atoms with E-state index in [0.717, 1.165) is 38.5 Å². The van der Waals surface area contributed by atoms with Gasteiger partial charge < -0.3 is 15.0 Å². The van der Waals surface area contributed by atoms with Crippen LogP contribution in [-0.4, -0.2) is 48.3 Å². The first-order chi connectivity index (χ1) is 10.2. The molecule has 1 aromatic heterocycles. The van der Waals surface area contributed by atoms with Gasteiger partial charge in [-0.25, -0.2) is 4.98 Å². The van der Waals surface area contributed by atoms with Gasteiger partial charge in [-0.2, -0.15) is 0 Å². The lowest BCUT2D eigenvalue weighted by atomic mass is 9.93. The van der Waals surface area contributed by atoms with Crippen molar-refractivity contribution in [3.8, 4) is 0 Å². The van der Waals surface area contributed by atoms with Crippen molar-refractivity contribution in [3.63, 3.8) is 0 Å². The Kier molecular flexibility index (Phi) is 4.99. The summed E-state index contributed by atoms with van der Waals surface area (Å²) < 4.78 is 5.74. The summed E-state index contributed by atoms with van der Waals surface area (Å²) in [6, 6.07) is 4.32. The standard InChI is InChI=1S/C16H24ClN3O/c1-12-10-20(11-14-3-2-8-21-14)7-6-15(12)19-16-5-4-13(17)9-18-16/h4-5,9,12,14-15H,2-3,6-8,10-11H2,1H3,(H,18,19)/t12-,14+,15+/m1/s1. The predicted molar refractivity (Wildman–Crippen MR) is 85.9 cm³/mol. The molecular weight excluding hydrogens is 286 g/mol. The molecule has 0 saturated carbocycles. The van der Waals surface area contributed by atoms with E-state index in [9.17, 15) is 0 Å². The maximum absolute atomic E-state index is 5.87. The fourth-order valence-electron chi connectivity index (χ4n) is 3.34. The Bertz CT molecular complexity index is 447. The lowest BCUT2D eigenvalue weighted by Gasteiger charge is -2.38. The van der Waals surface area contributed by atoms with Crippen molar-refractivity contribution < 1.29 is 4.74 Å². The number of hydrogen-bond donors (Lipinski definition) is 1. The average Bonchev–Trinajstić information content (AvgIpc) is 2.97. The number of piperidine rings is 1. The van der Waals surface area contributed by atoms with Crippen molar-refractivity contribution in [1.82, 2.24) is 9.88 Å². The van der Waals surface area contributed by atoms with Crippen molar-refractivity contribution in [2.75, 3.05) is 31.6 Å². The lowest BCUT2D eigenvalue weighted by Crippen LogP contribution is -2.47. The summed E-state index contributed by atoms with van der Waals surface area (Å²) in [6.45, 7) is 6.62. The first-order valence-electron chi connectivity index (χ1n) is 7.93. The summed E-state index contributed by atoms with van der Waals surface area (Å²) in [7, 11) is 0. The second-order valence-electron chi connectivity index (χ2n) is 6.27. The predicted octanol–water partition coefficient (Wildman–Crippen LogP) is 3.04. The van der Waals surface area contributed by atoms with Gasteiger partial charge in [-0.15, -0.1) is 0 Å². The van der Waals surface area contributed by atoms with Gasteiger partial charge in [0.2, 0.25) is 0 Å². The number of halogens is 1. The van der Waals surface area contributed by atoms with E-state index in [1.165, 1.54) is 12.8 Å².